The van der Waals surface area contributed by atoms with Crippen molar-refractivity contribution in [3.05, 3.63) is 60.4 Å². The van der Waals surface area contributed by atoms with Crippen LogP contribution in [0.5, 0.6) is 11.5 Å². The number of hydrogen-bond acceptors (Lipinski definition) is 6. The van der Waals surface area contributed by atoms with Crippen molar-refractivity contribution >= 4 is 5.69 Å². The number of methoxy groups -OCH3 is 2. The molecule has 1 saturated heterocycles. The Morgan fingerprint density at radius 3 is 2.38 bits per heavy atom. The summed E-state index contributed by atoms with van der Waals surface area (Å²) >= 11 is 0. The third-order valence-electron chi connectivity index (χ3n) is 5.41. The summed E-state index contributed by atoms with van der Waals surface area (Å²) in [5.41, 5.74) is 3.07. The fourth-order valence-corrected chi connectivity index (χ4v) is 3.70. The third kappa shape index (κ3) is 4.54. The van der Waals surface area contributed by atoms with Crippen LogP contribution in [0.1, 0.15) is 5.76 Å². The summed E-state index contributed by atoms with van der Waals surface area (Å²) in [4.78, 5) is 4.93. The van der Waals surface area contributed by atoms with Crippen molar-refractivity contribution in [2.45, 2.75) is 6.42 Å². The lowest BCUT2D eigenvalue weighted by molar-refractivity contribution is 0.251. The van der Waals surface area contributed by atoms with Gasteiger partial charge in [0.15, 0.2) is 11.5 Å². The Balaban J connectivity index is 1.31. The monoisotopic (exact) mass is 393 g/mol. The molecule has 0 aliphatic carbocycles. The molecular formula is C23H27N3O3. The van der Waals surface area contributed by atoms with E-state index in [1.54, 1.807) is 14.2 Å². The minimum Gasteiger partial charge on any atom is -0.493 e. The van der Waals surface area contributed by atoms with Crippen molar-refractivity contribution in [2.75, 3.05) is 51.8 Å². The highest BCUT2D eigenvalue weighted by Crippen LogP contribution is 2.32. The SMILES string of the molecule is COc1ccc(-c2cc(CCN3CCN(c4ccccc4)CC3)on2)cc1OC. The highest BCUT2D eigenvalue weighted by atomic mass is 16.5. The van der Waals surface area contributed by atoms with Crippen LogP contribution < -0.4 is 14.4 Å². The standard InChI is InChI=1S/C23H27N3O3/c1-27-22-9-8-18(16-23(22)28-2)21-17-20(29-24-21)10-11-25-12-14-26(15-13-25)19-6-4-3-5-7-19/h3-9,16-17H,10-15H2,1-2H3. The summed E-state index contributed by atoms with van der Waals surface area (Å²) in [7, 11) is 3.26. The Bertz CT molecular complexity index is 918. The average Bonchev–Trinajstić information content (AvgIpc) is 3.27. The van der Waals surface area contributed by atoms with Crippen LogP contribution in [0.15, 0.2) is 59.1 Å². The molecule has 0 radical (unpaired) electrons. The van der Waals surface area contributed by atoms with E-state index in [9.17, 15) is 0 Å². The maximum Gasteiger partial charge on any atom is 0.161 e. The van der Waals surface area contributed by atoms with Crippen LogP contribution in [0.2, 0.25) is 0 Å². The van der Waals surface area contributed by atoms with Crippen LogP contribution in [-0.4, -0.2) is 57.0 Å². The van der Waals surface area contributed by atoms with Crippen LogP contribution in [-0.2, 0) is 6.42 Å². The normalized spacial score (nSPS) is 14.8. The number of rotatable bonds is 7. The molecule has 2 aromatic carbocycles. The van der Waals surface area contributed by atoms with E-state index in [0.717, 1.165) is 56.2 Å². The summed E-state index contributed by atoms with van der Waals surface area (Å²) < 4.78 is 16.2. The molecule has 29 heavy (non-hydrogen) atoms. The number of benzene rings is 2. The Kier molecular flexibility index (Phi) is 6.00. The fraction of sp³-hybridized carbons (Fsp3) is 0.348. The zero-order chi connectivity index (χ0) is 20.1. The van der Waals surface area contributed by atoms with Crippen molar-refractivity contribution in [3.63, 3.8) is 0 Å². The zero-order valence-corrected chi connectivity index (χ0v) is 17.0. The van der Waals surface area contributed by atoms with Crippen LogP contribution in [0.25, 0.3) is 11.3 Å². The van der Waals surface area contributed by atoms with Gasteiger partial charge in [-0.3, -0.25) is 4.90 Å². The number of nitrogens with zero attached hydrogens (tertiary/aromatic N) is 3. The summed E-state index contributed by atoms with van der Waals surface area (Å²) in [5, 5.41) is 4.23. The maximum absolute atomic E-state index is 5.57. The van der Waals surface area contributed by atoms with Gasteiger partial charge in [-0.1, -0.05) is 23.4 Å². The van der Waals surface area contributed by atoms with Gasteiger partial charge < -0.3 is 18.9 Å². The zero-order valence-electron chi connectivity index (χ0n) is 17.0. The molecule has 0 unspecified atom stereocenters. The van der Waals surface area contributed by atoms with E-state index in [2.05, 4.69) is 45.3 Å². The first-order chi connectivity index (χ1) is 14.3. The molecule has 152 valence electrons. The summed E-state index contributed by atoms with van der Waals surface area (Å²) in [6.07, 6.45) is 0.853. The van der Waals surface area contributed by atoms with Crippen LogP contribution in [0, 0.1) is 0 Å². The fourth-order valence-electron chi connectivity index (χ4n) is 3.70. The molecule has 0 spiro atoms. The van der Waals surface area contributed by atoms with E-state index >= 15 is 0 Å². The van der Waals surface area contributed by atoms with Gasteiger partial charge in [-0.15, -0.1) is 0 Å². The van der Waals surface area contributed by atoms with Crippen molar-refractivity contribution in [2.24, 2.45) is 0 Å². The van der Waals surface area contributed by atoms with E-state index in [1.807, 2.05) is 24.3 Å². The quantitative estimate of drug-likeness (QED) is 0.610. The summed E-state index contributed by atoms with van der Waals surface area (Å²) in [6.45, 7) is 5.20. The molecule has 6 heteroatoms. The predicted molar refractivity (Wildman–Crippen MR) is 114 cm³/mol. The molecule has 4 rings (SSSR count). The van der Waals surface area contributed by atoms with E-state index < -0.39 is 0 Å². The molecule has 1 aromatic heterocycles. The molecule has 2 heterocycles. The summed E-state index contributed by atoms with van der Waals surface area (Å²) in [5.74, 6) is 2.29. The molecule has 0 atom stereocenters. The van der Waals surface area contributed by atoms with Gasteiger partial charge in [0.05, 0.1) is 14.2 Å². The van der Waals surface area contributed by atoms with Gasteiger partial charge in [-0.05, 0) is 30.3 Å². The van der Waals surface area contributed by atoms with Gasteiger partial charge in [0, 0.05) is 56.5 Å². The van der Waals surface area contributed by atoms with Crippen LogP contribution >= 0.6 is 0 Å². The van der Waals surface area contributed by atoms with Crippen LogP contribution in [0.4, 0.5) is 5.69 Å². The second kappa shape index (κ2) is 9.01. The van der Waals surface area contributed by atoms with E-state index in [-0.39, 0.29) is 0 Å². The molecule has 6 nitrogen and oxygen atoms in total. The topological polar surface area (TPSA) is 51.0 Å². The lowest BCUT2D eigenvalue weighted by atomic mass is 10.1. The third-order valence-corrected chi connectivity index (χ3v) is 5.41. The minimum atomic E-state index is 0.686. The van der Waals surface area contributed by atoms with Crippen molar-refractivity contribution < 1.29 is 14.0 Å². The molecule has 0 bridgehead atoms. The maximum atomic E-state index is 5.57. The predicted octanol–water partition coefficient (Wildman–Crippen LogP) is 3.72. The van der Waals surface area contributed by atoms with Crippen molar-refractivity contribution in [1.29, 1.82) is 0 Å². The molecule has 3 aromatic rings. The van der Waals surface area contributed by atoms with Gasteiger partial charge in [0.2, 0.25) is 0 Å². The molecular weight excluding hydrogens is 366 g/mol. The van der Waals surface area contributed by atoms with E-state index in [4.69, 9.17) is 14.0 Å². The number of aromatic nitrogens is 1. The number of anilines is 1. The number of para-hydroxylation sites is 1. The summed E-state index contributed by atoms with van der Waals surface area (Å²) in [6, 6.07) is 18.4. The number of ether oxygens (including phenoxy) is 2. The van der Waals surface area contributed by atoms with Gasteiger partial charge in [-0.2, -0.15) is 0 Å². The minimum absolute atomic E-state index is 0.686. The van der Waals surface area contributed by atoms with Gasteiger partial charge >= 0.3 is 0 Å². The lowest BCUT2D eigenvalue weighted by Gasteiger charge is -2.36. The lowest BCUT2D eigenvalue weighted by Crippen LogP contribution is -2.46. The van der Waals surface area contributed by atoms with Gasteiger partial charge in [0.25, 0.3) is 0 Å². The van der Waals surface area contributed by atoms with Gasteiger partial charge in [-0.25, -0.2) is 0 Å². The van der Waals surface area contributed by atoms with Crippen LogP contribution in [0.3, 0.4) is 0 Å². The molecule has 1 aliphatic rings. The van der Waals surface area contributed by atoms with E-state index in [1.165, 1.54) is 5.69 Å². The van der Waals surface area contributed by atoms with Crippen molar-refractivity contribution in [3.8, 4) is 22.8 Å². The first kappa shape index (κ1) is 19.3. The Labute approximate surface area is 171 Å². The molecule has 0 amide bonds. The Morgan fingerprint density at radius 2 is 1.66 bits per heavy atom. The van der Waals surface area contributed by atoms with E-state index in [0.29, 0.717) is 11.5 Å². The highest BCUT2D eigenvalue weighted by Gasteiger charge is 2.18. The van der Waals surface area contributed by atoms with Crippen molar-refractivity contribution in [1.82, 2.24) is 10.1 Å². The smallest absolute Gasteiger partial charge is 0.161 e. The highest BCUT2D eigenvalue weighted by molar-refractivity contribution is 5.63. The molecule has 1 fully saturated rings. The second-order valence-electron chi connectivity index (χ2n) is 7.16. The first-order valence-electron chi connectivity index (χ1n) is 9.97. The Morgan fingerprint density at radius 1 is 0.897 bits per heavy atom. The average molecular weight is 393 g/mol. The largest absolute Gasteiger partial charge is 0.493 e. The van der Waals surface area contributed by atoms with Gasteiger partial charge in [0.1, 0.15) is 11.5 Å². The number of piperazine rings is 1. The molecule has 0 N–H and O–H groups in total. The number of hydrogen-bond donors (Lipinski definition) is 0. The Hall–Kier alpha value is -2.99. The molecule has 1 aliphatic heterocycles. The second-order valence-corrected chi connectivity index (χ2v) is 7.16. The molecule has 0 saturated carbocycles. The first-order valence-corrected chi connectivity index (χ1v) is 9.97.